The van der Waals surface area contributed by atoms with Crippen LogP contribution in [0.4, 0.5) is 0 Å². The van der Waals surface area contributed by atoms with Gasteiger partial charge in [-0.05, 0) is 25.4 Å². The quantitative estimate of drug-likeness (QED) is 0.524. The molecule has 1 aliphatic rings. The minimum Gasteiger partial charge on any atom is -0.472 e. The lowest BCUT2D eigenvalue weighted by atomic mass is 10.1. The maximum absolute atomic E-state index is 9.98. The van der Waals surface area contributed by atoms with Gasteiger partial charge in [0.1, 0.15) is 0 Å². The molecule has 0 radical (unpaired) electrons. The van der Waals surface area contributed by atoms with Gasteiger partial charge < -0.3 is 10.4 Å². The zero-order valence-corrected chi connectivity index (χ0v) is 6.26. The molecule has 0 saturated carbocycles. The smallest absolute Gasteiger partial charge is 0.381 e. The lowest BCUT2D eigenvalue weighted by Gasteiger charge is -1.98. The van der Waals surface area contributed by atoms with E-state index in [1.165, 1.54) is 0 Å². The van der Waals surface area contributed by atoms with Crippen LogP contribution >= 0.6 is 0 Å². The fraction of sp³-hybridized carbons (Fsp3) is 0.625. The van der Waals surface area contributed by atoms with Gasteiger partial charge in [0, 0.05) is 12.3 Å². The molecule has 0 amide bonds. The van der Waals surface area contributed by atoms with Crippen LogP contribution in [-0.4, -0.2) is 24.2 Å². The second kappa shape index (κ2) is 3.99. The molecule has 2 N–H and O–H groups in total. The van der Waals surface area contributed by atoms with E-state index in [1.807, 2.05) is 0 Å². The zero-order chi connectivity index (χ0) is 8.10. The number of rotatable bonds is 1. The molecular formula is C8H11NO2. The third-order valence-electron chi connectivity index (χ3n) is 1.75. The average molecular weight is 153 g/mol. The van der Waals surface area contributed by atoms with Gasteiger partial charge in [0.05, 0.1) is 0 Å². The van der Waals surface area contributed by atoms with Gasteiger partial charge in [0.2, 0.25) is 0 Å². The molecule has 1 atom stereocenters. The third kappa shape index (κ3) is 3.06. The molecule has 0 aromatic heterocycles. The first kappa shape index (κ1) is 8.09. The fourth-order valence-corrected chi connectivity index (χ4v) is 1.16. The Bertz CT molecular complexity index is 196. The first-order chi connectivity index (χ1) is 5.29. The lowest BCUT2D eigenvalue weighted by Crippen LogP contribution is -2.08. The molecule has 60 valence electrons. The monoisotopic (exact) mass is 153 g/mol. The van der Waals surface area contributed by atoms with Gasteiger partial charge in [-0.3, -0.25) is 0 Å². The van der Waals surface area contributed by atoms with E-state index in [0.29, 0.717) is 12.3 Å². The molecule has 0 aromatic rings. The summed E-state index contributed by atoms with van der Waals surface area (Å²) in [5, 5.41) is 11.4. The molecule has 0 aliphatic carbocycles. The van der Waals surface area contributed by atoms with Gasteiger partial charge in [-0.2, -0.15) is 0 Å². The Hall–Kier alpha value is -1.01. The summed E-state index contributed by atoms with van der Waals surface area (Å²) in [7, 11) is 0. The first-order valence-electron chi connectivity index (χ1n) is 3.71. The molecule has 3 nitrogen and oxygen atoms in total. The van der Waals surface area contributed by atoms with E-state index < -0.39 is 5.97 Å². The standard InChI is InChI=1S/C8H11NO2/c10-8(11)3-1-2-7-4-5-9-6-7/h7,9H,2,4-6H2,(H,10,11). The van der Waals surface area contributed by atoms with Crippen molar-refractivity contribution in [3.63, 3.8) is 0 Å². The van der Waals surface area contributed by atoms with Gasteiger partial charge >= 0.3 is 5.97 Å². The Morgan fingerprint density at radius 2 is 2.55 bits per heavy atom. The predicted octanol–water partition coefficient (Wildman–Crippen LogP) is 0.0740. The van der Waals surface area contributed by atoms with Crippen molar-refractivity contribution in [2.45, 2.75) is 12.8 Å². The summed E-state index contributed by atoms with van der Waals surface area (Å²) in [6.07, 6.45) is 1.83. The number of hydrogen-bond acceptors (Lipinski definition) is 2. The molecule has 0 spiro atoms. The summed E-state index contributed by atoms with van der Waals surface area (Å²) in [4.78, 5) is 9.98. The van der Waals surface area contributed by atoms with Gasteiger partial charge in [-0.1, -0.05) is 5.92 Å². The molecule has 1 rings (SSSR count). The van der Waals surface area contributed by atoms with Gasteiger partial charge in [-0.15, -0.1) is 0 Å². The van der Waals surface area contributed by atoms with E-state index in [9.17, 15) is 4.79 Å². The summed E-state index contributed by atoms with van der Waals surface area (Å²) < 4.78 is 0. The molecule has 3 heteroatoms. The van der Waals surface area contributed by atoms with Crippen LogP contribution < -0.4 is 5.32 Å². The number of carboxylic acids is 1. The van der Waals surface area contributed by atoms with Crippen LogP contribution in [0.5, 0.6) is 0 Å². The minimum absolute atomic E-state index is 0.557. The van der Waals surface area contributed by atoms with Crippen LogP contribution in [0.3, 0.4) is 0 Å². The maximum Gasteiger partial charge on any atom is 0.381 e. The Balaban J connectivity index is 2.22. The Labute approximate surface area is 65.8 Å². The molecule has 1 saturated heterocycles. The van der Waals surface area contributed by atoms with Crippen molar-refractivity contribution >= 4 is 5.97 Å². The van der Waals surface area contributed by atoms with Crippen LogP contribution in [-0.2, 0) is 4.79 Å². The summed E-state index contributed by atoms with van der Waals surface area (Å²) in [6, 6.07) is 0. The van der Waals surface area contributed by atoms with Crippen LogP contribution in [0, 0.1) is 17.8 Å². The minimum atomic E-state index is -1.03. The maximum atomic E-state index is 9.98. The Morgan fingerprint density at radius 1 is 1.73 bits per heavy atom. The molecular weight excluding hydrogens is 142 g/mol. The fourth-order valence-electron chi connectivity index (χ4n) is 1.16. The number of aliphatic carboxylic acids is 1. The number of hydrogen-bond donors (Lipinski definition) is 2. The molecule has 1 unspecified atom stereocenters. The van der Waals surface area contributed by atoms with Crippen molar-refractivity contribution in [2.75, 3.05) is 13.1 Å². The normalized spacial score (nSPS) is 22.4. The molecule has 1 heterocycles. The summed E-state index contributed by atoms with van der Waals surface area (Å²) in [5.41, 5.74) is 0. The molecule has 0 aromatic carbocycles. The number of carboxylic acid groups (broad SMARTS) is 1. The number of nitrogens with one attached hydrogen (secondary N) is 1. The SMILES string of the molecule is O=C(O)C#CCC1CCNC1. The molecule has 1 aliphatic heterocycles. The highest BCUT2D eigenvalue weighted by Crippen LogP contribution is 2.10. The average Bonchev–Trinajstić information content (AvgIpc) is 2.39. The van der Waals surface area contributed by atoms with E-state index in [0.717, 1.165) is 19.5 Å². The van der Waals surface area contributed by atoms with Crippen molar-refractivity contribution in [3.8, 4) is 11.8 Å². The van der Waals surface area contributed by atoms with E-state index >= 15 is 0 Å². The van der Waals surface area contributed by atoms with Crippen molar-refractivity contribution in [1.29, 1.82) is 0 Å². The zero-order valence-electron chi connectivity index (χ0n) is 6.26. The van der Waals surface area contributed by atoms with E-state index in [4.69, 9.17) is 5.11 Å². The third-order valence-corrected chi connectivity index (χ3v) is 1.75. The second-order valence-corrected chi connectivity index (χ2v) is 2.67. The molecule has 1 fully saturated rings. The Kier molecular flexibility index (Phi) is 2.94. The van der Waals surface area contributed by atoms with Crippen molar-refractivity contribution < 1.29 is 9.90 Å². The molecule has 0 bridgehead atoms. The number of carbonyl (C=O) groups is 1. The lowest BCUT2D eigenvalue weighted by molar-refractivity contribution is -0.130. The van der Waals surface area contributed by atoms with Crippen molar-refractivity contribution in [2.24, 2.45) is 5.92 Å². The predicted molar refractivity (Wildman–Crippen MR) is 41.0 cm³/mol. The van der Waals surface area contributed by atoms with Crippen LogP contribution in [0.1, 0.15) is 12.8 Å². The van der Waals surface area contributed by atoms with Gasteiger partial charge in [0.25, 0.3) is 0 Å². The van der Waals surface area contributed by atoms with E-state index in [2.05, 4.69) is 17.2 Å². The van der Waals surface area contributed by atoms with Crippen molar-refractivity contribution in [1.82, 2.24) is 5.32 Å². The highest BCUT2D eigenvalue weighted by molar-refractivity contribution is 5.86. The first-order valence-corrected chi connectivity index (χ1v) is 3.71. The topological polar surface area (TPSA) is 49.3 Å². The molecule has 11 heavy (non-hydrogen) atoms. The van der Waals surface area contributed by atoms with Gasteiger partial charge in [-0.25, -0.2) is 4.79 Å². The second-order valence-electron chi connectivity index (χ2n) is 2.67. The van der Waals surface area contributed by atoms with E-state index in [-0.39, 0.29) is 0 Å². The highest BCUT2D eigenvalue weighted by atomic mass is 16.4. The summed E-state index contributed by atoms with van der Waals surface area (Å²) in [6.45, 7) is 2.02. The summed E-state index contributed by atoms with van der Waals surface area (Å²) in [5.74, 6) is 4.27. The van der Waals surface area contributed by atoms with Crippen LogP contribution in [0.15, 0.2) is 0 Å². The largest absolute Gasteiger partial charge is 0.472 e. The summed E-state index contributed by atoms with van der Waals surface area (Å²) >= 11 is 0. The Morgan fingerprint density at radius 3 is 3.09 bits per heavy atom. The van der Waals surface area contributed by atoms with Crippen molar-refractivity contribution in [3.05, 3.63) is 0 Å². The van der Waals surface area contributed by atoms with E-state index in [1.54, 1.807) is 0 Å². The highest BCUT2D eigenvalue weighted by Gasteiger charge is 2.12. The van der Waals surface area contributed by atoms with Crippen LogP contribution in [0.25, 0.3) is 0 Å². The van der Waals surface area contributed by atoms with Crippen LogP contribution in [0.2, 0.25) is 0 Å². The van der Waals surface area contributed by atoms with Gasteiger partial charge in [0.15, 0.2) is 0 Å².